The first-order valence-electron chi connectivity index (χ1n) is 5.46. The van der Waals surface area contributed by atoms with Gasteiger partial charge >= 0.3 is 0 Å². The van der Waals surface area contributed by atoms with E-state index < -0.39 is 5.82 Å². The number of hydrogen-bond donors (Lipinski definition) is 2. The highest BCUT2D eigenvalue weighted by Gasteiger charge is 2.05. The lowest BCUT2D eigenvalue weighted by Crippen LogP contribution is -2.23. The second-order valence-electron chi connectivity index (χ2n) is 3.45. The number of rotatable bonds is 6. The highest BCUT2D eigenvalue weighted by atomic mass is 19.1. The van der Waals surface area contributed by atoms with Crippen LogP contribution < -0.4 is 10.1 Å². The zero-order valence-electron chi connectivity index (χ0n) is 9.70. The third-order valence-corrected chi connectivity index (χ3v) is 2.12. The molecule has 0 unspecified atom stereocenters. The lowest BCUT2D eigenvalue weighted by Gasteiger charge is -2.07. The third-order valence-electron chi connectivity index (χ3n) is 2.12. The molecule has 0 aliphatic heterocycles. The highest BCUT2D eigenvalue weighted by Crippen LogP contribution is 2.18. The molecule has 0 aliphatic carbocycles. The smallest absolute Gasteiger partial charge is 0.222 e. The molecule has 1 amide bonds. The molecule has 0 atom stereocenters. The molecular formula is C12H16FNO3. The average Bonchev–Trinajstić information content (AvgIpc) is 2.30. The molecule has 1 aromatic carbocycles. The van der Waals surface area contributed by atoms with Gasteiger partial charge in [0.1, 0.15) is 0 Å². The highest BCUT2D eigenvalue weighted by molar-refractivity contribution is 5.75. The van der Waals surface area contributed by atoms with E-state index >= 15 is 0 Å². The molecular weight excluding hydrogens is 225 g/mol. The van der Waals surface area contributed by atoms with Crippen molar-refractivity contribution in [3.63, 3.8) is 0 Å². The molecule has 0 saturated heterocycles. The van der Waals surface area contributed by atoms with Crippen LogP contribution in [0, 0.1) is 5.82 Å². The molecule has 0 aliphatic rings. The molecule has 0 saturated carbocycles. The fourth-order valence-corrected chi connectivity index (χ4v) is 1.32. The average molecular weight is 241 g/mol. The summed E-state index contributed by atoms with van der Waals surface area (Å²) in [7, 11) is 0. The number of aliphatic hydroxyl groups excluding tert-OH is 1. The molecule has 2 N–H and O–H groups in total. The molecule has 0 radical (unpaired) electrons. The van der Waals surface area contributed by atoms with E-state index in [1.807, 2.05) is 0 Å². The van der Waals surface area contributed by atoms with E-state index in [2.05, 4.69) is 5.32 Å². The van der Waals surface area contributed by atoms with Gasteiger partial charge in [-0.1, -0.05) is 6.07 Å². The lowest BCUT2D eigenvalue weighted by atomic mass is 10.2. The van der Waals surface area contributed by atoms with Gasteiger partial charge in [0.25, 0.3) is 0 Å². The van der Waals surface area contributed by atoms with Crippen LogP contribution in [-0.4, -0.2) is 24.2 Å². The summed E-state index contributed by atoms with van der Waals surface area (Å²) < 4.78 is 18.5. The fraction of sp³-hybridized carbons (Fsp3) is 0.417. The number of hydrogen-bond acceptors (Lipinski definition) is 3. The molecule has 1 aromatic rings. The van der Waals surface area contributed by atoms with E-state index in [-0.39, 0.29) is 31.2 Å². The largest absolute Gasteiger partial charge is 0.491 e. The summed E-state index contributed by atoms with van der Waals surface area (Å²) in [5, 5.41) is 11.1. The Hall–Kier alpha value is -1.62. The van der Waals surface area contributed by atoms with Gasteiger partial charge in [0.2, 0.25) is 5.91 Å². The van der Waals surface area contributed by atoms with Crippen molar-refractivity contribution >= 4 is 5.91 Å². The molecule has 5 heteroatoms. The maximum Gasteiger partial charge on any atom is 0.222 e. The maximum absolute atomic E-state index is 13.4. The van der Waals surface area contributed by atoms with Gasteiger partial charge in [0.05, 0.1) is 13.2 Å². The van der Waals surface area contributed by atoms with Crippen molar-refractivity contribution in [2.45, 2.75) is 19.9 Å². The van der Waals surface area contributed by atoms with Gasteiger partial charge in [-0.15, -0.1) is 0 Å². The van der Waals surface area contributed by atoms with Crippen molar-refractivity contribution in [3.05, 3.63) is 29.6 Å². The fourth-order valence-electron chi connectivity index (χ4n) is 1.32. The van der Waals surface area contributed by atoms with Crippen molar-refractivity contribution < 1.29 is 19.0 Å². The Morgan fingerprint density at radius 2 is 2.29 bits per heavy atom. The molecule has 0 fully saturated rings. The summed E-state index contributed by atoms with van der Waals surface area (Å²) in [6, 6.07) is 4.55. The Morgan fingerprint density at radius 1 is 1.53 bits per heavy atom. The zero-order valence-corrected chi connectivity index (χ0v) is 9.70. The molecule has 17 heavy (non-hydrogen) atoms. The van der Waals surface area contributed by atoms with E-state index in [0.29, 0.717) is 12.2 Å². The van der Waals surface area contributed by atoms with Crippen molar-refractivity contribution in [2.24, 2.45) is 0 Å². The monoisotopic (exact) mass is 241 g/mol. The molecule has 4 nitrogen and oxygen atoms in total. The van der Waals surface area contributed by atoms with Crippen LogP contribution in [0.15, 0.2) is 18.2 Å². The normalized spacial score (nSPS) is 10.1. The molecule has 0 heterocycles. The minimum absolute atomic E-state index is 0.0551. The van der Waals surface area contributed by atoms with Crippen molar-refractivity contribution in [1.29, 1.82) is 0 Å². The molecule has 0 spiro atoms. The summed E-state index contributed by atoms with van der Waals surface area (Å²) in [4.78, 5) is 11.1. The van der Waals surface area contributed by atoms with E-state index in [1.165, 1.54) is 12.1 Å². The van der Waals surface area contributed by atoms with E-state index in [9.17, 15) is 9.18 Å². The van der Waals surface area contributed by atoms with Crippen LogP contribution in [0.25, 0.3) is 0 Å². The second kappa shape index (κ2) is 6.85. The van der Waals surface area contributed by atoms with Crippen LogP contribution in [0.2, 0.25) is 0 Å². The summed E-state index contributed by atoms with van der Waals surface area (Å²) in [6.45, 7) is 2.23. The van der Waals surface area contributed by atoms with Crippen LogP contribution in [0.1, 0.15) is 18.9 Å². The Balaban J connectivity index is 2.55. The van der Waals surface area contributed by atoms with E-state index in [1.54, 1.807) is 13.0 Å². The minimum Gasteiger partial charge on any atom is -0.491 e. The first-order valence-corrected chi connectivity index (χ1v) is 5.46. The first-order chi connectivity index (χ1) is 8.17. The molecule has 94 valence electrons. The maximum atomic E-state index is 13.4. The van der Waals surface area contributed by atoms with Crippen LogP contribution in [0.3, 0.4) is 0 Å². The van der Waals surface area contributed by atoms with Gasteiger partial charge in [0, 0.05) is 13.0 Å². The summed E-state index contributed by atoms with van der Waals surface area (Å²) in [5.74, 6) is -0.500. The number of ether oxygens (including phenoxy) is 1. The predicted molar refractivity (Wildman–Crippen MR) is 61.1 cm³/mol. The van der Waals surface area contributed by atoms with Gasteiger partial charge in [-0.25, -0.2) is 4.39 Å². The van der Waals surface area contributed by atoms with Crippen LogP contribution in [-0.2, 0) is 11.3 Å². The number of benzene rings is 1. The Bertz CT molecular complexity index is 382. The minimum atomic E-state index is -0.444. The Kier molecular flexibility index (Phi) is 5.42. The van der Waals surface area contributed by atoms with Crippen molar-refractivity contribution in [2.75, 3.05) is 13.2 Å². The standard InChI is InChI=1S/C12H16FNO3/c1-2-17-11-4-3-9(7-10(11)13)8-14-12(16)5-6-15/h3-4,7,15H,2,5-6,8H2,1H3,(H,14,16). The van der Waals surface area contributed by atoms with E-state index in [0.717, 1.165) is 0 Å². The quantitative estimate of drug-likeness (QED) is 0.787. The summed E-state index contributed by atoms with van der Waals surface area (Å²) >= 11 is 0. The summed E-state index contributed by atoms with van der Waals surface area (Å²) in [6.07, 6.45) is 0.0551. The SMILES string of the molecule is CCOc1ccc(CNC(=O)CCO)cc1F. The van der Waals surface area contributed by atoms with Gasteiger partial charge in [-0.05, 0) is 24.6 Å². The van der Waals surface area contributed by atoms with Crippen LogP contribution >= 0.6 is 0 Å². The van der Waals surface area contributed by atoms with Gasteiger partial charge in [0.15, 0.2) is 11.6 Å². The number of amides is 1. The second-order valence-corrected chi connectivity index (χ2v) is 3.45. The van der Waals surface area contributed by atoms with Crippen LogP contribution in [0.4, 0.5) is 4.39 Å². The molecule has 1 rings (SSSR count). The van der Waals surface area contributed by atoms with Crippen LogP contribution in [0.5, 0.6) is 5.75 Å². The predicted octanol–water partition coefficient (Wildman–Crippen LogP) is 1.22. The third kappa shape index (κ3) is 4.40. The molecule has 0 bridgehead atoms. The van der Waals surface area contributed by atoms with Gasteiger partial charge in [-0.3, -0.25) is 4.79 Å². The number of halogens is 1. The number of nitrogens with one attached hydrogen (secondary N) is 1. The van der Waals surface area contributed by atoms with Gasteiger partial charge in [-0.2, -0.15) is 0 Å². The number of aliphatic hydroxyl groups is 1. The number of carbonyl (C=O) groups is 1. The zero-order chi connectivity index (χ0) is 12.7. The van der Waals surface area contributed by atoms with Gasteiger partial charge < -0.3 is 15.2 Å². The first kappa shape index (κ1) is 13.4. The molecule has 0 aromatic heterocycles. The topological polar surface area (TPSA) is 58.6 Å². The number of carbonyl (C=O) groups excluding carboxylic acids is 1. The van der Waals surface area contributed by atoms with E-state index in [4.69, 9.17) is 9.84 Å². The van der Waals surface area contributed by atoms with Crippen molar-refractivity contribution in [3.8, 4) is 5.75 Å². The van der Waals surface area contributed by atoms with Crippen molar-refractivity contribution in [1.82, 2.24) is 5.32 Å². The Labute approximate surface area is 99.4 Å². The summed E-state index contributed by atoms with van der Waals surface area (Å²) in [5.41, 5.74) is 0.650. The lowest BCUT2D eigenvalue weighted by molar-refractivity contribution is -0.121. The Morgan fingerprint density at radius 3 is 2.88 bits per heavy atom.